The van der Waals surface area contributed by atoms with Gasteiger partial charge >= 0.3 is 0 Å². The van der Waals surface area contributed by atoms with Crippen LogP contribution in [-0.4, -0.2) is 54.0 Å². The lowest BCUT2D eigenvalue weighted by molar-refractivity contribution is -0.133. The average molecular weight is 366 g/mol. The summed E-state index contributed by atoms with van der Waals surface area (Å²) in [6.07, 6.45) is 10.6. The van der Waals surface area contributed by atoms with Crippen LogP contribution in [0.15, 0.2) is 0 Å². The van der Waals surface area contributed by atoms with Gasteiger partial charge in [-0.1, -0.05) is 12.8 Å². The lowest BCUT2D eigenvalue weighted by atomic mass is 9.99. The second-order valence-corrected chi connectivity index (χ2v) is 7.30. The molecular formula is C17H33Cl2N3O. The second kappa shape index (κ2) is 10.1. The molecule has 0 bridgehead atoms. The Morgan fingerprint density at radius 1 is 0.913 bits per heavy atom. The molecule has 1 saturated carbocycles. The van der Waals surface area contributed by atoms with E-state index in [1.807, 2.05) is 0 Å². The Kier molecular flexibility index (Phi) is 9.20. The van der Waals surface area contributed by atoms with E-state index in [4.69, 9.17) is 5.73 Å². The summed E-state index contributed by atoms with van der Waals surface area (Å²) in [5, 5.41) is 0. The number of hydrogen-bond donors (Lipinski definition) is 1. The fourth-order valence-corrected chi connectivity index (χ4v) is 4.45. The van der Waals surface area contributed by atoms with Crippen molar-refractivity contribution in [3.05, 3.63) is 0 Å². The molecular weight excluding hydrogens is 333 g/mol. The third kappa shape index (κ3) is 5.48. The molecule has 3 fully saturated rings. The average Bonchev–Trinajstić information content (AvgIpc) is 3.10. The van der Waals surface area contributed by atoms with Crippen molar-refractivity contribution in [2.24, 2.45) is 11.7 Å². The van der Waals surface area contributed by atoms with E-state index in [9.17, 15) is 4.79 Å². The highest BCUT2D eigenvalue weighted by molar-refractivity contribution is 5.85. The van der Waals surface area contributed by atoms with Gasteiger partial charge in [0.25, 0.3) is 0 Å². The maximum Gasteiger partial charge on any atom is 0.223 e. The fraction of sp³-hybridized carbons (Fsp3) is 0.941. The third-order valence-electron chi connectivity index (χ3n) is 5.77. The zero-order valence-corrected chi connectivity index (χ0v) is 15.8. The van der Waals surface area contributed by atoms with Gasteiger partial charge in [-0.3, -0.25) is 4.79 Å². The molecule has 6 heteroatoms. The molecule has 2 aliphatic heterocycles. The van der Waals surface area contributed by atoms with Crippen molar-refractivity contribution in [2.45, 2.75) is 69.9 Å². The molecule has 1 unspecified atom stereocenters. The summed E-state index contributed by atoms with van der Waals surface area (Å²) in [4.78, 5) is 17.4. The number of piperidine rings is 1. The van der Waals surface area contributed by atoms with Crippen molar-refractivity contribution in [1.82, 2.24) is 9.80 Å². The Balaban J connectivity index is 0.00000132. The quantitative estimate of drug-likeness (QED) is 0.832. The van der Waals surface area contributed by atoms with Gasteiger partial charge < -0.3 is 15.5 Å². The molecule has 0 aromatic carbocycles. The van der Waals surface area contributed by atoms with E-state index in [-0.39, 0.29) is 30.9 Å². The summed E-state index contributed by atoms with van der Waals surface area (Å²) in [6, 6.07) is 0.727. The summed E-state index contributed by atoms with van der Waals surface area (Å²) in [5.74, 6) is 0.811. The van der Waals surface area contributed by atoms with Crippen molar-refractivity contribution in [2.75, 3.05) is 26.2 Å². The molecule has 1 aliphatic carbocycles. The van der Waals surface area contributed by atoms with E-state index in [0.29, 0.717) is 24.3 Å². The van der Waals surface area contributed by atoms with Gasteiger partial charge in [0.05, 0.1) is 0 Å². The monoisotopic (exact) mass is 365 g/mol. The zero-order chi connectivity index (χ0) is 14.7. The lowest BCUT2D eigenvalue weighted by Crippen LogP contribution is -2.45. The van der Waals surface area contributed by atoms with Crippen LogP contribution in [-0.2, 0) is 4.79 Å². The maximum atomic E-state index is 12.7. The number of nitrogens with zero attached hydrogens (tertiary/aromatic N) is 2. The molecule has 2 N–H and O–H groups in total. The Morgan fingerprint density at radius 2 is 1.65 bits per heavy atom. The maximum absolute atomic E-state index is 12.7. The number of likely N-dealkylation sites (tertiary alicyclic amines) is 2. The molecule has 3 atom stereocenters. The number of carbonyl (C=O) groups is 1. The molecule has 0 aromatic heterocycles. The largest absolute Gasteiger partial charge is 0.338 e. The number of nitrogens with two attached hydrogens (primary N) is 1. The second-order valence-electron chi connectivity index (χ2n) is 7.30. The topological polar surface area (TPSA) is 49.6 Å². The molecule has 2 saturated heterocycles. The Bertz CT molecular complexity index is 364. The summed E-state index contributed by atoms with van der Waals surface area (Å²) in [7, 11) is 0. The van der Waals surface area contributed by atoms with Crippen LogP contribution in [0, 0.1) is 5.92 Å². The smallest absolute Gasteiger partial charge is 0.223 e. The van der Waals surface area contributed by atoms with Crippen molar-refractivity contribution >= 4 is 30.7 Å². The molecule has 4 nitrogen and oxygen atoms in total. The summed E-state index contributed by atoms with van der Waals surface area (Å²) >= 11 is 0. The first-order valence-electron chi connectivity index (χ1n) is 9.01. The molecule has 3 rings (SSSR count). The standard InChI is InChI=1S/C17H31N3O.2ClH/c18-16-8-4-6-14(16)12-17(21)20-11-5-7-15(20)13-19-9-2-1-3-10-19;;/h14-16H,1-13,18H2;2*1H/t14-,15?,16+;;/m0../s1. The van der Waals surface area contributed by atoms with E-state index >= 15 is 0 Å². The SMILES string of the molecule is Cl.Cl.N[C@@H]1CCC[C@H]1CC(=O)N1CCCC1CN1CCCCC1. The number of rotatable bonds is 4. The molecule has 1 amide bonds. The first kappa shape index (κ1) is 21.0. The first-order valence-corrected chi connectivity index (χ1v) is 9.01. The predicted octanol–water partition coefficient (Wildman–Crippen LogP) is 2.82. The van der Waals surface area contributed by atoms with Crippen LogP contribution < -0.4 is 5.73 Å². The Morgan fingerprint density at radius 3 is 2.30 bits per heavy atom. The zero-order valence-electron chi connectivity index (χ0n) is 14.1. The summed E-state index contributed by atoms with van der Waals surface area (Å²) in [5.41, 5.74) is 6.13. The minimum absolute atomic E-state index is 0. The van der Waals surface area contributed by atoms with Crippen LogP contribution in [0.3, 0.4) is 0 Å². The van der Waals surface area contributed by atoms with Gasteiger partial charge in [-0.05, 0) is 57.5 Å². The van der Waals surface area contributed by atoms with Crippen LogP contribution in [0.2, 0.25) is 0 Å². The minimum Gasteiger partial charge on any atom is -0.338 e. The lowest BCUT2D eigenvalue weighted by Gasteiger charge is -2.33. The van der Waals surface area contributed by atoms with E-state index in [1.165, 1.54) is 51.6 Å². The van der Waals surface area contributed by atoms with E-state index in [2.05, 4.69) is 9.80 Å². The van der Waals surface area contributed by atoms with Crippen LogP contribution in [0.5, 0.6) is 0 Å². The van der Waals surface area contributed by atoms with Gasteiger partial charge in [-0.25, -0.2) is 0 Å². The molecule has 0 aromatic rings. The predicted molar refractivity (Wildman–Crippen MR) is 99.5 cm³/mol. The number of carbonyl (C=O) groups excluding carboxylic acids is 1. The van der Waals surface area contributed by atoms with E-state index < -0.39 is 0 Å². The van der Waals surface area contributed by atoms with Crippen LogP contribution >= 0.6 is 24.8 Å². The fourth-order valence-electron chi connectivity index (χ4n) is 4.45. The molecule has 136 valence electrons. The molecule has 0 spiro atoms. The number of halogens is 2. The molecule has 0 radical (unpaired) electrons. The van der Waals surface area contributed by atoms with Crippen molar-refractivity contribution in [3.63, 3.8) is 0 Å². The summed E-state index contributed by atoms with van der Waals surface area (Å²) < 4.78 is 0. The van der Waals surface area contributed by atoms with E-state index in [1.54, 1.807) is 0 Å². The van der Waals surface area contributed by atoms with Gasteiger partial charge in [0.2, 0.25) is 5.91 Å². The first-order chi connectivity index (χ1) is 10.2. The Labute approximate surface area is 153 Å². The highest BCUT2D eigenvalue weighted by Gasteiger charge is 2.33. The van der Waals surface area contributed by atoms with Crippen LogP contribution in [0.1, 0.15) is 57.8 Å². The molecule has 3 aliphatic rings. The molecule has 23 heavy (non-hydrogen) atoms. The van der Waals surface area contributed by atoms with Crippen molar-refractivity contribution in [3.8, 4) is 0 Å². The number of amides is 1. The molecule has 2 heterocycles. The van der Waals surface area contributed by atoms with Gasteiger partial charge in [0.1, 0.15) is 0 Å². The Hall–Kier alpha value is -0.0300. The van der Waals surface area contributed by atoms with Crippen LogP contribution in [0.4, 0.5) is 0 Å². The van der Waals surface area contributed by atoms with E-state index in [0.717, 1.165) is 25.9 Å². The van der Waals surface area contributed by atoms with Gasteiger partial charge in [-0.15, -0.1) is 24.8 Å². The highest BCUT2D eigenvalue weighted by Crippen LogP contribution is 2.29. The van der Waals surface area contributed by atoms with Gasteiger partial charge in [-0.2, -0.15) is 0 Å². The summed E-state index contributed by atoms with van der Waals surface area (Å²) in [6.45, 7) is 4.53. The highest BCUT2D eigenvalue weighted by atomic mass is 35.5. The van der Waals surface area contributed by atoms with Gasteiger partial charge in [0.15, 0.2) is 0 Å². The normalized spacial score (nSPS) is 31.5. The third-order valence-corrected chi connectivity index (χ3v) is 5.77. The minimum atomic E-state index is 0. The van der Waals surface area contributed by atoms with Crippen LogP contribution in [0.25, 0.3) is 0 Å². The van der Waals surface area contributed by atoms with Gasteiger partial charge in [0, 0.05) is 31.6 Å². The van der Waals surface area contributed by atoms with Crippen molar-refractivity contribution in [1.29, 1.82) is 0 Å². The number of hydrogen-bond acceptors (Lipinski definition) is 3. The van der Waals surface area contributed by atoms with Crippen molar-refractivity contribution < 1.29 is 4.79 Å².